The van der Waals surface area contributed by atoms with Crippen LogP contribution in [0.1, 0.15) is 25.7 Å². The number of aliphatic hydroxyl groups excluding tert-OH is 1. The molecule has 2 bridgehead atoms. The summed E-state index contributed by atoms with van der Waals surface area (Å²) in [7, 11) is 1.94. The number of nitrogens with zero attached hydrogens (tertiary/aromatic N) is 6. The summed E-state index contributed by atoms with van der Waals surface area (Å²) in [5, 5.41) is 18.6. The first kappa shape index (κ1) is 16.6. The molecule has 0 spiro atoms. The van der Waals surface area contributed by atoms with Crippen LogP contribution in [0.2, 0.25) is 0 Å². The first-order valence-electron chi connectivity index (χ1n) is 10.3. The molecule has 1 N–H and O–H groups in total. The third-order valence-electron chi connectivity index (χ3n) is 6.91. The van der Waals surface area contributed by atoms with E-state index in [1.807, 2.05) is 34.8 Å². The van der Waals surface area contributed by atoms with Crippen molar-refractivity contribution in [1.29, 1.82) is 0 Å². The summed E-state index contributed by atoms with van der Waals surface area (Å²) in [5.41, 5.74) is 4.70. The number of aliphatic hydroxyl groups is 1. The van der Waals surface area contributed by atoms with Gasteiger partial charge in [-0.15, -0.1) is 0 Å². The molecule has 0 radical (unpaired) electrons. The van der Waals surface area contributed by atoms with Gasteiger partial charge in [-0.2, -0.15) is 10.2 Å². The predicted octanol–water partition coefficient (Wildman–Crippen LogP) is 1.91. The fourth-order valence-corrected chi connectivity index (χ4v) is 5.53. The van der Waals surface area contributed by atoms with Crippen LogP contribution in [0.3, 0.4) is 0 Å². The summed E-state index contributed by atoms with van der Waals surface area (Å²) in [4.78, 5) is 5.28. The Morgan fingerprint density at radius 2 is 1.79 bits per heavy atom. The van der Waals surface area contributed by atoms with Gasteiger partial charge in [-0.1, -0.05) is 0 Å². The number of fused-ring (bicyclic) bond motifs is 3. The zero-order valence-corrected chi connectivity index (χ0v) is 16.1. The second-order valence-corrected chi connectivity index (χ2v) is 8.69. The third kappa shape index (κ3) is 2.49. The van der Waals surface area contributed by atoms with Crippen molar-refractivity contribution >= 4 is 11.2 Å². The van der Waals surface area contributed by atoms with Gasteiger partial charge in [0.25, 0.3) is 0 Å². The maximum Gasteiger partial charge on any atom is 0.0886 e. The zero-order chi connectivity index (χ0) is 18.8. The number of aryl methyl sites for hydroxylation is 1. The summed E-state index contributed by atoms with van der Waals surface area (Å²) in [6, 6.07) is 6.20. The Balaban J connectivity index is 1.31. The molecule has 3 aromatic heterocycles. The van der Waals surface area contributed by atoms with Gasteiger partial charge in [0, 0.05) is 68.0 Å². The number of anilines is 1. The number of aromatic nitrogens is 4. The van der Waals surface area contributed by atoms with E-state index < -0.39 is 0 Å². The number of piperazine rings is 1. The highest BCUT2D eigenvalue weighted by molar-refractivity contribution is 5.79. The van der Waals surface area contributed by atoms with Crippen molar-refractivity contribution in [3.63, 3.8) is 0 Å². The molecule has 3 fully saturated rings. The summed E-state index contributed by atoms with van der Waals surface area (Å²) >= 11 is 0. The van der Waals surface area contributed by atoms with E-state index in [2.05, 4.69) is 38.3 Å². The quantitative estimate of drug-likeness (QED) is 0.754. The van der Waals surface area contributed by atoms with Crippen LogP contribution in [-0.4, -0.2) is 66.7 Å². The first-order chi connectivity index (χ1) is 13.7. The molecule has 1 unspecified atom stereocenters. The molecule has 3 aromatic rings. The van der Waals surface area contributed by atoms with E-state index in [0.29, 0.717) is 18.1 Å². The molecule has 5 heterocycles. The Morgan fingerprint density at radius 3 is 2.46 bits per heavy atom. The molecule has 28 heavy (non-hydrogen) atoms. The van der Waals surface area contributed by atoms with E-state index in [1.165, 1.54) is 18.5 Å². The van der Waals surface area contributed by atoms with Crippen molar-refractivity contribution in [2.45, 2.75) is 49.9 Å². The van der Waals surface area contributed by atoms with Crippen LogP contribution in [0, 0.1) is 0 Å². The molecule has 0 amide bonds. The molecular weight excluding hydrogens is 352 g/mol. The Labute approximate surface area is 164 Å². The van der Waals surface area contributed by atoms with Crippen LogP contribution in [0.4, 0.5) is 5.69 Å². The lowest BCUT2D eigenvalue weighted by Crippen LogP contribution is -2.60. The summed E-state index contributed by atoms with van der Waals surface area (Å²) in [6.45, 7) is 2.13. The number of hydrogen-bond acceptors (Lipinski definition) is 5. The van der Waals surface area contributed by atoms with Gasteiger partial charge in [0.05, 0.1) is 23.5 Å². The van der Waals surface area contributed by atoms with Gasteiger partial charge in [0.1, 0.15) is 0 Å². The van der Waals surface area contributed by atoms with Crippen molar-refractivity contribution in [1.82, 2.24) is 24.3 Å². The molecule has 2 aliphatic heterocycles. The van der Waals surface area contributed by atoms with Crippen molar-refractivity contribution in [3.05, 3.63) is 36.9 Å². The van der Waals surface area contributed by atoms with Gasteiger partial charge in [-0.05, 0) is 37.8 Å². The van der Waals surface area contributed by atoms with Crippen LogP contribution in [-0.2, 0) is 7.05 Å². The van der Waals surface area contributed by atoms with Crippen LogP contribution >= 0.6 is 0 Å². The standard InChI is InChI=1S/C21H26N6O/c1-24-10-15(9-23-24)14-6-21-20(4-5-22-26(21)11-14)25-12-16-2-3-17(13-25)27(16)18-7-19(28)8-18/h4-6,9-11,16-19,28H,2-3,7-8,12-13H2,1H3/t16-,17?,18?,19?/m0/s1. The van der Waals surface area contributed by atoms with Gasteiger partial charge in [-0.25, -0.2) is 4.52 Å². The second kappa shape index (κ2) is 6.06. The summed E-state index contributed by atoms with van der Waals surface area (Å²) in [5.74, 6) is 0. The fraction of sp³-hybridized carbons (Fsp3) is 0.524. The van der Waals surface area contributed by atoms with E-state index in [1.54, 1.807) is 0 Å². The SMILES string of the molecule is Cn1cc(-c2cc3c(N4CC5CC[C@@H](C4)N5C4CC(O)C4)ccnn3c2)cn1. The Morgan fingerprint density at radius 1 is 1.00 bits per heavy atom. The second-order valence-electron chi connectivity index (χ2n) is 8.69. The van der Waals surface area contributed by atoms with Crippen molar-refractivity contribution < 1.29 is 5.11 Å². The lowest BCUT2D eigenvalue weighted by atomic mass is 9.86. The molecule has 6 rings (SSSR count). The fourth-order valence-electron chi connectivity index (χ4n) is 5.53. The first-order valence-corrected chi connectivity index (χ1v) is 10.3. The minimum absolute atomic E-state index is 0.0751. The Bertz CT molecular complexity index is 1010. The summed E-state index contributed by atoms with van der Waals surface area (Å²) < 4.78 is 3.83. The zero-order valence-electron chi connectivity index (χ0n) is 16.1. The Hall–Kier alpha value is -2.38. The molecule has 7 nitrogen and oxygen atoms in total. The number of rotatable bonds is 3. The average molecular weight is 378 g/mol. The lowest BCUT2D eigenvalue weighted by Gasteiger charge is -2.50. The monoisotopic (exact) mass is 378 g/mol. The van der Waals surface area contributed by atoms with Crippen LogP contribution in [0.15, 0.2) is 36.9 Å². The molecule has 2 atom stereocenters. The van der Waals surface area contributed by atoms with E-state index in [9.17, 15) is 5.11 Å². The van der Waals surface area contributed by atoms with Crippen LogP contribution in [0.5, 0.6) is 0 Å². The predicted molar refractivity (Wildman–Crippen MR) is 107 cm³/mol. The van der Waals surface area contributed by atoms with E-state index in [0.717, 1.165) is 42.6 Å². The van der Waals surface area contributed by atoms with Gasteiger partial charge in [0.2, 0.25) is 0 Å². The van der Waals surface area contributed by atoms with E-state index in [4.69, 9.17) is 0 Å². The van der Waals surface area contributed by atoms with E-state index in [-0.39, 0.29) is 6.10 Å². The molecule has 146 valence electrons. The minimum Gasteiger partial charge on any atom is -0.393 e. The van der Waals surface area contributed by atoms with Crippen molar-refractivity contribution in [2.75, 3.05) is 18.0 Å². The molecule has 2 saturated heterocycles. The highest BCUT2D eigenvalue weighted by Gasteiger charge is 2.46. The maximum absolute atomic E-state index is 9.74. The van der Waals surface area contributed by atoms with Crippen molar-refractivity contribution in [3.8, 4) is 11.1 Å². The molecule has 1 aliphatic carbocycles. The molecular formula is C21H26N6O. The Kier molecular flexibility index (Phi) is 3.58. The van der Waals surface area contributed by atoms with Crippen LogP contribution in [0.25, 0.3) is 16.6 Å². The van der Waals surface area contributed by atoms with Crippen LogP contribution < -0.4 is 4.90 Å². The number of hydrogen-bond donors (Lipinski definition) is 1. The minimum atomic E-state index is -0.0751. The van der Waals surface area contributed by atoms with Gasteiger partial charge < -0.3 is 10.0 Å². The highest BCUT2D eigenvalue weighted by Crippen LogP contribution is 2.40. The molecule has 0 aromatic carbocycles. The van der Waals surface area contributed by atoms with E-state index >= 15 is 0 Å². The highest BCUT2D eigenvalue weighted by atomic mass is 16.3. The lowest BCUT2D eigenvalue weighted by molar-refractivity contribution is -0.0245. The normalized spacial score (nSPS) is 30.1. The van der Waals surface area contributed by atoms with Gasteiger partial charge in [-0.3, -0.25) is 9.58 Å². The van der Waals surface area contributed by atoms with Gasteiger partial charge >= 0.3 is 0 Å². The third-order valence-corrected chi connectivity index (χ3v) is 6.91. The molecule has 3 aliphatic rings. The average Bonchev–Trinajstić information content (AvgIpc) is 3.34. The summed E-state index contributed by atoms with van der Waals surface area (Å²) in [6.07, 6.45) is 12.3. The smallest absolute Gasteiger partial charge is 0.0886 e. The van der Waals surface area contributed by atoms with Crippen molar-refractivity contribution in [2.24, 2.45) is 7.05 Å². The topological polar surface area (TPSA) is 61.8 Å². The van der Waals surface area contributed by atoms with Gasteiger partial charge in [0.15, 0.2) is 0 Å². The molecule has 7 heteroatoms. The maximum atomic E-state index is 9.74. The largest absolute Gasteiger partial charge is 0.393 e. The molecule has 1 saturated carbocycles.